The summed E-state index contributed by atoms with van der Waals surface area (Å²) in [5.74, 6) is -0.400. The summed E-state index contributed by atoms with van der Waals surface area (Å²) in [4.78, 5) is 41.8. The minimum absolute atomic E-state index is 0.0105. The van der Waals surface area contributed by atoms with Crippen molar-refractivity contribution in [3.05, 3.63) is 48.8 Å². The van der Waals surface area contributed by atoms with Crippen LogP contribution in [0, 0.1) is 0 Å². The molecule has 0 aliphatic heterocycles. The highest BCUT2D eigenvalue weighted by Gasteiger charge is 2.30. The second-order valence-electron chi connectivity index (χ2n) is 6.15. The summed E-state index contributed by atoms with van der Waals surface area (Å²) < 4.78 is 1.33. The number of nitrogens with one attached hydrogen (secondary N) is 1. The molecule has 2 heterocycles. The van der Waals surface area contributed by atoms with Crippen LogP contribution in [0.1, 0.15) is 47.1 Å². The maximum Gasteiger partial charge on any atom is 0.330 e. The normalized spacial score (nSPS) is 15.6. The number of thiophene rings is 1. The number of nitrogen functional groups attached to an aromatic ring is 1. The summed E-state index contributed by atoms with van der Waals surface area (Å²) in [6.07, 6.45) is 1.66. The van der Waals surface area contributed by atoms with E-state index in [2.05, 4.69) is 4.98 Å². The molecule has 3 N–H and O–H groups in total. The van der Waals surface area contributed by atoms with Gasteiger partial charge in [0.25, 0.3) is 5.56 Å². The van der Waals surface area contributed by atoms with E-state index in [0.717, 1.165) is 17.7 Å². The molecule has 0 amide bonds. The van der Waals surface area contributed by atoms with Crippen LogP contribution >= 0.6 is 11.3 Å². The maximum absolute atomic E-state index is 12.6. The lowest BCUT2D eigenvalue weighted by atomic mass is 10.1. The molecule has 1 saturated carbocycles. The Morgan fingerprint density at radius 1 is 1.50 bits per heavy atom. The predicted molar refractivity (Wildman–Crippen MR) is 93.7 cm³/mol. The first-order valence-corrected chi connectivity index (χ1v) is 8.69. The van der Waals surface area contributed by atoms with Crippen LogP contribution in [-0.4, -0.2) is 33.8 Å². The molecule has 0 radical (unpaired) electrons. The monoisotopic (exact) mass is 348 g/mol. The minimum Gasteiger partial charge on any atom is -0.384 e. The molecule has 7 nitrogen and oxygen atoms in total. The van der Waals surface area contributed by atoms with Crippen LogP contribution in [0.25, 0.3) is 0 Å². The number of likely N-dealkylation sites (N-methyl/N-ethyl adjacent to an activating group) is 1. The van der Waals surface area contributed by atoms with Gasteiger partial charge in [-0.05, 0) is 38.3 Å². The topological polar surface area (TPSA) is 101 Å². The van der Waals surface area contributed by atoms with Crippen molar-refractivity contribution in [2.75, 3.05) is 19.3 Å². The highest BCUT2D eigenvalue weighted by Crippen LogP contribution is 2.35. The van der Waals surface area contributed by atoms with Gasteiger partial charge in [0.05, 0.1) is 6.54 Å². The summed E-state index contributed by atoms with van der Waals surface area (Å²) in [5.41, 5.74) is 4.60. The lowest BCUT2D eigenvalue weighted by Crippen LogP contribution is -2.38. The first kappa shape index (κ1) is 16.7. The van der Waals surface area contributed by atoms with E-state index in [4.69, 9.17) is 5.73 Å². The third-order valence-electron chi connectivity index (χ3n) is 4.38. The SMILES string of the molecule is CC(c1cccs1)N(C)CC(=O)c1c(N)n(C2CC2)c(=O)[nH]c1=O. The van der Waals surface area contributed by atoms with Gasteiger partial charge in [0, 0.05) is 17.0 Å². The van der Waals surface area contributed by atoms with E-state index in [1.54, 1.807) is 11.3 Å². The molecule has 2 aromatic heterocycles. The second-order valence-corrected chi connectivity index (χ2v) is 7.13. The van der Waals surface area contributed by atoms with E-state index in [1.807, 2.05) is 36.4 Å². The Balaban J connectivity index is 1.86. The van der Waals surface area contributed by atoms with Crippen molar-refractivity contribution in [3.8, 4) is 0 Å². The van der Waals surface area contributed by atoms with Gasteiger partial charge in [0.1, 0.15) is 11.4 Å². The smallest absolute Gasteiger partial charge is 0.330 e. The van der Waals surface area contributed by atoms with Crippen molar-refractivity contribution in [2.45, 2.75) is 31.8 Å². The molecule has 2 aromatic rings. The molecular weight excluding hydrogens is 328 g/mol. The van der Waals surface area contributed by atoms with Crippen molar-refractivity contribution in [1.82, 2.24) is 14.5 Å². The second kappa shape index (κ2) is 6.37. The van der Waals surface area contributed by atoms with E-state index in [1.165, 1.54) is 4.57 Å². The van der Waals surface area contributed by atoms with Crippen LogP contribution in [0.5, 0.6) is 0 Å². The van der Waals surface area contributed by atoms with Crippen LogP contribution in [0.15, 0.2) is 27.1 Å². The number of nitrogens with two attached hydrogens (primary N) is 1. The zero-order valence-electron chi connectivity index (χ0n) is 13.6. The number of rotatable bonds is 6. The lowest BCUT2D eigenvalue weighted by Gasteiger charge is -2.23. The third-order valence-corrected chi connectivity index (χ3v) is 5.42. The Labute approximate surface area is 142 Å². The molecule has 0 bridgehead atoms. The van der Waals surface area contributed by atoms with Gasteiger partial charge in [-0.3, -0.25) is 24.0 Å². The molecule has 8 heteroatoms. The molecule has 128 valence electrons. The first-order valence-electron chi connectivity index (χ1n) is 7.81. The van der Waals surface area contributed by atoms with Gasteiger partial charge in [-0.2, -0.15) is 0 Å². The van der Waals surface area contributed by atoms with Gasteiger partial charge < -0.3 is 5.73 Å². The summed E-state index contributed by atoms with van der Waals surface area (Å²) >= 11 is 1.61. The van der Waals surface area contributed by atoms with Gasteiger partial charge in [-0.25, -0.2) is 4.79 Å². The van der Waals surface area contributed by atoms with Gasteiger partial charge in [-0.1, -0.05) is 6.07 Å². The molecule has 0 saturated heterocycles. The summed E-state index contributed by atoms with van der Waals surface area (Å²) in [7, 11) is 1.82. The summed E-state index contributed by atoms with van der Waals surface area (Å²) in [5, 5.41) is 1.98. The van der Waals surface area contributed by atoms with Crippen LogP contribution < -0.4 is 17.0 Å². The fourth-order valence-corrected chi connectivity index (χ4v) is 3.57. The quantitative estimate of drug-likeness (QED) is 0.768. The average Bonchev–Trinajstić information content (AvgIpc) is 3.18. The van der Waals surface area contributed by atoms with Gasteiger partial charge in [-0.15, -0.1) is 11.3 Å². The molecule has 1 unspecified atom stereocenters. The number of aromatic amines is 1. The van der Waals surface area contributed by atoms with Crippen LogP contribution in [0.2, 0.25) is 0 Å². The fourth-order valence-electron chi connectivity index (χ4n) is 2.72. The zero-order chi connectivity index (χ0) is 17.4. The van der Waals surface area contributed by atoms with Crippen LogP contribution in [0.3, 0.4) is 0 Å². The minimum atomic E-state index is -0.712. The van der Waals surface area contributed by atoms with Gasteiger partial charge in [0.2, 0.25) is 0 Å². The van der Waals surface area contributed by atoms with Gasteiger partial charge >= 0.3 is 5.69 Å². The average molecular weight is 348 g/mol. The Morgan fingerprint density at radius 2 is 2.21 bits per heavy atom. The number of nitrogens with zero attached hydrogens (tertiary/aromatic N) is 2. The third kappa shape index (κ3) is 3.07. The first-order chi connectivity index (χ1) is 11.4. The lowest BCUT2D eigenvalue weighted by molar-refractivity contribution is 0.0924. The highest BCUT2D eigenvalue weighted by molar-refractivity contribution is 7.10. The Morgan fingerprint density at radius 3 is 2.79 bits per heavy atom. The maximum atomic E-state index is 12.6. The van der Waals surface area contributed by atoms with Gasteiger partial charge in [0.15, 0.2) is 5.78 Å². The Bertz CT molecular complexity index is 864. The standard InChI is InChI=1S/C16H20N4O3S/c1-9(12-4-3-7-24-12)19(2)8-11(21)13-14(17)20(10-5-6-10)16(23)18-15(13)22/h3-4,7,9-10H,5-6,8,17H2,1-2H3,(H,18,22,23). The zero-order valence-corrected chi connectivity index (χ0v) is 14.4. The van der Waals surface area contributed by atoms with Crippen molar-refractivity contribution >= 4 is 22.9 Å². The highest BCUT2D eigenvalue weighted by atomic mass is 32.1. The molecule has 1 atom stereocenters. The van der Waals surface area contributed by atoms with E-state index < -0.39 is 11.2 Å². The number of hydrogen-bond donors (Lipinski definition) is 2. The summed E-state index contributed by atoms with van der Waals surface area (Å²) in [6, 6.07) is 4.00. The molecule has 0 aromatic carbocycles. The molecule has 1 aliphatic rings. The summed E-state index contributed by atoms with van der Waals surface area (Å²) in [6.45, 7) is 2.05. The molecule has 1 fully saturated rings. The number of H-pyrrole nitrogens is 1. The number of hydrogen-bond acceptors (Lipinski definition) is 6. The number of ketones is 1. The van der Waals surface area contributed by atoms with Crippen molar-refractivity contribution in [1.29, 1.82) is 0 Å². The number of anilines is 1. The van der Waals surface area contributed by atoms with E-state index in [0.29, 0.717) is 0 Å². The molecule has 0 spiro atoms. The Hall–Kier alpha value is -2.19. The number of Topliss-reactive ketones (excluding diaryl/α,β-unsaturated/α-hetero) is 1. The molecule has 3 rings (SSSR count). The largest absolute Gasteiger partial charge is 0.384 e. The van der Waals surface area contributed by atoms with Crippen LogP contribution in [-0.2, 0) is 0 Å². The Kier molecular flexibility index (Phi) is 4.42. The van der Waals surface area contributed by atoms with Crippen molar-refractivity contribution in [3.63, 3.8) is 0 Å². The fraction of sp³-hybridized carbons (Fsp3) is 0.438. The number of carbonyl (C=O) groups is 1. The van der Waals surface area contributed by atoms with Crippen molar-refractivity contribution in [2.24, 2.45) is 0 Å². The van der Waals surface area contributed by atoms with E-state index in [9.17, 15) is 14.4 Å². The number of aromatic nitrogens is 2. The number of carbonyl (C=O) groups excluding carboxylic acids is 1. The molecule has 24 heavy (non-hydrogen) atoms. The molecule has 1 aliphatic carbocycles. The van der Waals surface area contributed by atoms with E-state index >= 15 is 0 Å². The molecular formula is C16H20N4O3S. The predicted octanol–water partition coefficient (Wildman–Crippen LogP) is 1.39. The van der Waals surface area contributed by atoms with Crippen molar-refractivity contribution < 1.29 is 4.79 Å². The van der Waals surface area contributed by atoms with Crippen LogP contribution in [0.4, 0.5) is 5.82 Å². The van der Waals surface area contributed by atoms with E-state index in [-0.39, 0.29) is 35.8 Å².